The summed E-state index contributed by atoms with van der Waals surface area (Å²) in [6.45, 7) is 5.87. The summed E-state index contributed by atoms with van der Waals surface area (Å²) in [5.41, 5.74) is -0.990. The molecular weight excluding hydrogens is 212 g/mol. The number of hydrogen-bond acceptors (Lipinski definition) is 2. The quantitative estimate of drug-likeness (QED) is 0.765. The van der Waals surface area contributed by atoms with Crippen molar-refractivity contribution in [1.82, 2.24) is 5.32 Å². The lowest BCUT2D eigenvalue weighted by molar-refractivity contribution is -0.131. The zero-order valence-corrected chi connectivity index (χ0v) is 11.3. The SMILES string of the molecule is CCC(C)(C)C(=O)NC1(C#N)CCCCCC1. The van der Waals surface area contributed by atoms with Gasteiger partial charge in [0, 0.05) is 5.41 Å². The van der Waals surface area contributed by atoms with Crippen LogP contribution in [0.5, 0.6) is 0 Å². The Balaban J connectivity index is 2.75. The number of carbonyl (C=O) groups excluding carboxylic acids is 1. The van der Waals surface area contributed by atoms with Crippen LogP contribution in [0.3, 0.4) is 0 Å². The van der Waals surface area contributed by atoms with Gasteiger partial charge in [0.2, 0.25) is 5.91 Å². The molecule has 3 heteroatoms. The molecule has 0 spiro atoms. The molecule has 0 aliphatic heterocycles. The van der Waals surface area contributed by atoms with Gasteiger partial charge in [-0.3, -0.25) is 4.79 Å². The summed E-state index contributed by atoms with van der Waals surface area (Å²) in [7, 11) is 0. The number of hydrogen-bond donors (Lipinski definition) is 1. The van der Waals surface area contributed by atoms with Gasteiger partial charge in [0.25, 0.3) is 0 Å². The second kappa shape index (κ2) is 5.53. The van der Waals surface area contributed by atoms with Crippen LogP contribution >= 0.6 is 0 Å². The number of rotatable bonds is 3. The molecule has 0 aromatic carbocycles. The minimum Gasteiger partial charge on any atom is -0.337 e. The summed E-state index contributed by atoms with van der Waals surface area (Å²) >= 11 is 0. The van der Waals surface area contributed by atoms with E-state index in [1.807, 2.05) is 20.8 Å². The summed E-state index contributed by atoms with van der Waals surface area (Å²) in [4.78, 5) is 12.2. The highest BCUT2D eigenvalue weighted by molar-refractivity contribution is 5.82. The molecule has 1 fully saturated rings. The third-order valence-corrected chi connectivity index (χ3v) is 4.02. The Morgan fingerprint density at radius 1 is 1.29 bits per heavy atom. The molecule has 0 aromatic rings. The van der Waals surface area contributed by atoms with E-state index in [0.717, 1.165) is 32.1 Å². The van der Waals surface area contributed by atoms with E-state index in [9.17, 15) is 10.1 Å². The Hall–Kier alpha value is -1.04. The highest BCUT2D eigenvalue weighted by Gasteiger charge is 2.36. The minimum atomic E-state index is -0.611. The van der Waals surface area contributed by atoms with E-state index in [0.29, 0.717) is 0 Å². The first-order valence-corrected chi connectivity index (χ1v) is 6.70. The Bertz CT molecular complexity index is 307. The van der Waals surface area contributed by atoms with Crippen LogP contribution in [0.4, 0.5) is 0 Å². The van der Waals surface area contributed by atoms with Gasteiger partial charge in [0.1, 0.15) is 5.54 Å². The van der Waals surface area contributed by atoms with Crippen LogP contribution in [-0.4, -0.2) is 11.4 Å². The summed E-state index contributed by atoms with van der Waals surface area (Å²) in [5.74, 6) is 0.0171. The smallest absolute Gasteiger partial charge is 0.226 e. The van der Waals surface area contributed by atoms with E-state index in [1.165, 1.54) is 12.8 Å². The highest BCUT2D eigenvalue weighted by atomic mass is 16.2. The fourth-order valence-corrected chi connectivity index (χ4v) is 2.14. The number of carbonyl (C=O) groups is 1. The normalized spacial score (nSPS) is 20.1. The molecule has 3 nitrogen and oxygen atoms in total. The zero-order chi connectivity index (χ0) is 12.9. The van der Waals surface area contributed by atoms with Crippen LogP contribution in [0.15, 0.2) is 0 Å². The third-order valence-electron chi connectivity index (χ3n) is 4.02. The van der Waals surface area contributed by atoms with Crippen LogP contribution < -0.4 is 5.32 Å². The maximum Gasteiger partial charge on any atom is 0.226 e. The van der Waals surface area contributed by atoms with Gasteiger partial charge in [0.15, 0.2) is 0 Å². The first-order valence-electron chi connectivity index (χ1n) is 6.70. The Morgan fingerprint density at radius 3 is 2.24 bits per heavy atom. The van der Waals surface area contributed by atoms with Crippen LogP contribution in [0.25, 0.3) is 0 Å². The lowest BCUT2D eigenvalue weighted by atomic mass is 9.85. The van der Waals surface area contributed by atoms with Crippen molar-refractivity contribution < 1.29 is 4.79 Å². The molecule has 1 aliphatic rings. The van der Waals surface area contributed by atoms with Crippen molar-refractivity contribution in [3.05, 3.63) is 0 Å². The van der Waals surface area contributed by atoms with Crippen LogP contribution in [-0.2, 0) is 4.79 Å². The van der Waals surface area contributed by atoms with Crippen molar-refractivity contribution in [1.29, 1.82) is 5.26 Å². The first kappa shape index (κ1) is 14.0. The molecule has 0 bridgehead atoms. The number of nitrogens with one attached hydrogen (secondary N) is 1. The molecule has 0 aromatic heterocycles. The molecular formula is C14H24N2O. The predicted molar refractivity (Wildman–Crippen MR) is 68.3 cm³/mol. The van der Waals surface area contributed by atoms with E-state index < -0.39 is 5.54 Å². The molecule has 1 N–H and O–H groups in total. The summed E-state index contributed by atoms with van der Waals surface area (Å²) < 4.78 is 0. The standard InChI is InChI=1S/C14H24N2O/c1-4-13(2,3)12(17)16-14(11-15)9-7-5-6-8-10-14/h4-10H2,1-3H3,(H,16,17). The van der Waals surface area contributed by atoms with Gasteiger partial charge in [-0.1, -0.05) is 46.5 Å². The largest absolute Gasteiger partial charge is 0.337 e. The fraction of sp³-hybridized carbons (Fsp3) is 0.857. The zero-order valence-electron chi connectivity index (χ0n) is 11.3. The van der Waals surface area contributed by atoms with Gasteiger partial charge in [-0.15, -0.1) is 0 Å². The molecule has 0 heterocycles. The average Bonchev–Trinajstić information content (AvgIpc) is 2.55. The highest BCUT2D eigenvalue weighted by Crippen LogP contribution is 2.29. The minimum absolute atomic E-state index is 0.0171. The van der Waals surface area contributed by atoms with Gasteiger partial charge < -0.3 is 5.32 Å². The van der Waals surface area contributed by atoms with Gasteiger partial charge in [-0.25, -0.2) is 0 Å². The summed E-state index contributed by atoms with van der Waals surface area (Å²) in [5, 5.41) is 12.4. The lowest BCUT2D eigenvalue weighted by Gasteiger charge is -2.31. The predicted octanol–water partition coefficient (Wildman–Crippen LogP) is 3.16. The molecule has 0 saturated heterocycles. The Kier molecular flexibility index (Phi) is 4.56. The summed E-state index contributed by atoms with van der Waals surface area (Å²) in [6, 6.07) is 2.35. The number of nitrogens with zero attached hydrogens (tertiary/aromatic N) is 1. The first-order chi connectivity index (χ1) is 7.96. The van der Waals surface area contributed by atoms with Crippen molar-refractivity contribution in [2.45, 2.75) is 71.3 Å². The monoisotopic (exact) mass is 236 g/mol. The van der Waals surface area contributed by atoms with Crippen LogP contribution in [0.1, 0.15) is 65.7 Å². The maximum absolute atomic E-state index is 12.2. The maximum atomic E-state index is 12.2. The molecule has 0 atom stereocenters. The molecule has 96 valence electrons. The Labute approximate surface area is 105 Å². The molecule has 0 radical (unpaired) electrons. The number of amides is 1. The van der Waals surface area contributed by atoms with E-state index in [2.05, 4.69) is 11.4 Å². The van der Waals surface area contributed by atoms with Gasteiger partial charge in [-0.05, 0) is 19.3 Å². The van der Waals surface area contributed by atoms with E-state index in [4.69, 9.17) is 0 Å². The van der Waals surface area contributed by atoms with E-state index >= 15 is 0 Å². The van der Waals surface area contributed by atoms with Gasteiger partial charge in [0.05, 0.1) is 6.07 Å². The average molecular weight is 236 g/mol. The molecule has 17 heavy (non-hydrogen) atoms. The van der Waals surface area contributed by atoms with Crippen LogP contribution in [0.2, 0.25) is 0 Å². The molecule has 0 unspecified atom stereocenters. The third kappa shape index (κ3) is 3.46. The summed E-state index contributed by atoms with van der Waals surface area (Å²) in [6.07, 6.45) is 6.83. The van der Waals surface area contributed by atoms with E-state index in [-0.39, 0.29) is 11.3 Å². The topological polar surface area (TPSA) is 52.9 Å². The second-order valence-corrected chi connectivity index (χ2v) is 5.80. The lowest BCUT2D eigenvalue weighted by Crippen LogP contribution is -2.51. The fourth-order valence-electron chi connectivity index (χ4n) is 2.14. The van der Waals surface area contributed by atoms with Crippen molar-refractivity contribution >= 4 is 5.91 Å². The molecule has 1 saturated carbocycles. The van der Waals surface area contributed by atoms with Crippen molar-refractivity contribution in [3.8, 4) is 6.07 Å². The van der Waals surface area contributed by atoms with E-state index in [1.54, 1.807) is 0 Å². The van der Waals surface area contributed by atoms with Crippen molar-refractivity contribution in [3.63, 3.8) is 0 Å². The molecule has 1 amide bonds. The number of nitriles is 1. The van der Waals surface area contributed by atoms with Gasteiger partial charge in [-0.2, -0.15) is 5.26 Å². The van der Waals surface area contributed by atoms with Crippen molar-refractivity contribution in [2.75, 3.05) is 0 Å². The second-order valence-electron chi connectivity index (χ2n) is 5.80. The Morgan fingerprint density at radius 2 is 1.82 bits per heavy atom. The molecule has 1 aliphatic carbocycles. The van der Waals surface area contributed by atoms with Crippen LogP contribution in [0, 0.1) is 16.7 Å². The molecule has 1 rings (SSSR count). The van der Waals surface area contributed by atoms with Crippen molar-refractivity contribution in [2.24, 2.45) is 5.41 Å². The van der Waals surface area contributed by atoms with Gasteiger partial charge >= 0.3 is 0 Å².